The lowest BCUT2D eigenvalue weighted by Crippen LogP contribution is -2.48. The zero-order chi connectivity index (χ0) is 8.91. The molecule has 0 aliphatic carbocycles. The van der Waals surface area contributed by atoms with Gasteiger partial charge in [0, 0.05) is 6.61 Å². The summed E-state index contributed by atoms with van der Waals surface area (Å²) in [6.45, 7) is 6.22. The Morgan fingerprint density at radius 1 is 1.36 bits per heavy atom. The lowest BCUT2D eigenvalue weighted by molar-refractivity contribution is -0.107. The predicted octanol–water partition coefficient (Wildman–Crippen LogP) is 0.859. The van der Waals surface area contributed by atoms with Crippen molar-refractivity contribution in [1.29, 1.82) is 0 Å². The van der Waals surface area contributed by atoms with Gasteiger partial charge in [0.25, 0.3) is 0 Å². The van der Waals surface area contributed by atoms with E-state index >= 15 is 0 Å². The summed E-state index contributed by atoms with van der Waals surface area (Å²) in [7, 11) is 0. The Morgan fingerprint density at radius 2 is 1.82 bits per heavy atom. The van der Waals surface area contributed by atoms with Gasteiger partial charge in [0.05, 0.1) is 0 Å². The van der Waals surface area contributed by atoms with Crippen LogP contribution in [0.3, 0.4) is 0 Å². The first-order valence-corrected chi connectivity index (χ1v) is 4.20. The molecule has 3 nitrogen and oxygen atoms in total. The van der Waals surface area contributed by atoms with Crippen molar-refractivity contribution in [3.63, 3.8) is 0 Å². The van der Waals surface area contributed by atoms with E-state index < -0.39 is 11.8 Å². The van der Waals surface area contributed by atoms with Gasteiger partial charge in [-0.15, -0.1) is 0 Å². The van der Waals surface area contributed by atoms with Crippen LogP contribution in [-0.4, -0.2) is 23.5 Å². The summed E-state index contributed by atoms with van der Waals surface area (Å²) >= 11 is 0. The SMILES string of the molecule is CCOC(N)C(O)(CC)CC. The molecule has 11 heavy (non-hydrogen) atoms. The molecule has 0 radical (unpaired) electrons. The highest BCUT2D eigenvalue weighted by Gasteiger charge is 2.30. The van der Waals surface area contributed by atoms with Gasteiger partial charge >= 0.3 is 0 Å². The van der Waals surface area contributed by atoms with Gasteiger partial charge in [-0.3, -0.25) is 0 Å². The minimum atomic E-state index is -0.851. The molecule has 0 aromatic rings. The summed E-state index contributed by atoms with van der Waals surface area (Å²) in [6, 6.07) is 0. The molecule has 0 aromatic carbocycles. The number of hydrogen-bond donors (Lipinski definition) is 2. The zero-order valence-electron chi connectivity index (χ0n) is 7.63. The summed E-state index contributed by atoms with van der Waals surface area (Å²) < 4.78 is 5.12. The van der Waals surface area contributed by atoms with E-state index in [9.17, 15) is 5.11 Å². The molecule has 3 heteroatoms. The van der Waals surface area contributed by atoms with Crippen LogP contribution in [0, 0.1) is 0 Å². The predicted molar refractivity (Wildman–Crippen MR) is 45.1 cm³/mol. The number of nitrogens with two attached hydrogens (primary N) is 1. The maximum Gasteiger partial charge on any atom is 0.134 e. The van der Waals surface area contributed by atoms with Crippen LogP contribution in [0.25, 0.3) is 0 Å². The van der Waals surface area contributed by atoms with Gasteiger partial charge in [-0.05, 0) is 19.8 Å². The van der Waals surface area contributed by atoms with Crippen molar-refractivity contribution in [3.8, 4) is 0 Å². The van der Waals surface area contributed by atoms with Gasteiger partial charge in [0.15, 0.2) is 0 Å². The maximum atomic E-state index is 9.78. The summed E-state index contributed by atoms with van der Waals surface area (Å²) in [5.74, 6) is 0. The van der Waals surface area contributed by atoms with Gasteiger partial charge in [0.2, 0.25) is 0 Å². The average Bonchev–Trinajstić information content (AvgIpc) is 2.03. The molecular formula is C8H19NO2. The Hall–Kier alpha value is -0.120. The molecule has 0 heterocycles. The lowest BCUT2D eigenvalue weighted by atomic mass is 9.96. The van der Waals surface area contributed by atoms with Gasteiger partial charge in [-0.1, -0.05) is 13.8 Å². The van der Waals surface area contributed by atoms with Gasteiger partial charge in [-0.2, -0.15) is 0 Å². The fraction of sp³-hybridized carbons (Fsp3) is 1.00. The first-order chi connectivity index (χ1) is 5.10. The molecule has 0 amide bonds. The summed E-state index contributed by atoms with van der Waals surface area (Å²) in [5.41, 5.74) is 4.76. The smallest absolute Gasteiger partial charge is 0.134 e. The average molecular weight is 161 g/mol. The summed E-state index contributed by atoms with van der Waals surface area (Å²) in [6.07, 6.45) is 0.706. The van der Waals surface area contributed by atoms with E-state index in [4.69, 9.17) is 10.5 Å². The third-order valence-electron chi connectivity index (χ3n) is 2.10. The molecule has 0 saturated carbocycles. The van der Waals surface area contributed by atoms with Crippen LogP contribution in [0.5, 0.6) is 0 Å². The molecule has 0 aromatic heterocycles. The van der Waals surface area contributed by atoms with Crippen molar-refractivity contribution in [2.24, 2.45) is 5.73 Å². The number of ether oxygens (including phenoxy) is 1. The normalized spacial score (nSPS) is 15.0. The Kier molecular flexibility index (Phi) is 4.65. The van der Waals surface area contributed by atoms with Crippen LogP contribution in [0.15, 0.2) is 0 Å². The first-order valence-electron chi connectivity index (χ1n) is 4.20. The number of rotatable bonds is 5. The minimum Gasteiger partial charge on any atom is -0.386 e. The molecule has 0 bridgehead atoms. The second-order valence-corrected chi connectivity index (χ2v) is 2.69. The van der Waals surface area contributed by atoms with E-state index in [1.54, 1.807) is 0 Å². The Morgan fingerprint density at radius 3 is 2.09 bits per heavy atom. The topological polar surface area (TPSA) is 55.5 Å². The summed E-state index contributed by atoms with van der Waals surface area (Å²) in [4.78, 5) is 0. The fourth-order valence-corrected chi connectivity index (χ4v) is 0.987. The molecule has 0 aliphatic heterocycles. The third-order valence-corrected chi connectivity index (χ3v) is 2.10. The molecule has 3 N–H and O–H groups in total. The molecule has 0 saturated heterocycles. The van der Waals surface area contributed by atoms with E-state index in [0.29, 0.717) is 19.4 Å². The third kappa shape index (κ3) is 2.77. The van der Waals surface area contributed by atoms with Gasteiger partial charge in [0.1, 0.15) is 11.8 Å². The standard InChI is InChI=1S/C8H19NO2/c1-4-8(10,5-2)7(9)11-6-3/h7,10H,4-6,9H2,1-3H3. The van der Waals surface area contributed by atoms with Crippen molar-refractivity contribution >= 4 is 0 Å². The van der Waals surface area contributed by atoms with E-state index in [0.717, 1.165) is 0 Å². The molecule has 1 atom stereocenters. The minimum absolute atomic E-state index is 0.545. The van der Waals surface area contributed by atoms with Crippen LogP contribution < -0.4 is 5.73 Å². The largest absolute Gasteiger partial charge is 0.386 e. The Labute approximate surface area is 68.5 Å². The molecular weight excluding hydrogens is 142 g/mol. The Bertz CT molecular complexity index is 102. The number of aliphatic hydroxyl groups is 1. The highest BCUT2D eigenvalue weighted by atomic mass is 16.5. The number of hydrogen-bond acceptors (Lipinski definition) is 3. The van der Waals surface area contributed by atoms with Crippen LogP contribution in [0.1, 0.15) is 33.6 Å². The molecule has 0 rings (SSSR count). The summed E-state index contributed by atoms with van der Waals surface area (Å²) in [5, 5.41) is 9.78. The molecule has 0 spiro atoms. The van der Waals surface area contributed by atoms with Crippen molar-refractivity contribution in [2.45, 2.75) is 45.4 Å². The van der Waals surface area contributed by atoms with Crippen molar-refractivity contribution < 1.29 is 9.84 Å². The fourth-order valence-electron chi connectivity index (χ4n) is 0.987. The van der Waals surface area contributed by atoms with E-state index in [2.05, 4.69) is 0 Å². The van der Waals surface area contributed by atoms with Gasteiger partial charge in [-0.25, -0.2) is 0 Å². The highest BCUT2D eigenvalue weighted by molar-refractivity contribution is 4.80. The molecule has 0 aliphatic rings. The second kappa shape index (κ2) is 4.70. The first kappa shape index (κ1) is 10.9. The quantitative estimate of drug-likeness (QED) is 0.588. The van der Waals surface area contributed by atoms with Crippen LogP contribution in [0.4, 0.5) is 0 Å². The van der Waals surface area contributed by atoms with E-state index in [1.807, 2.05) is 20.8 Å². The van der Waals surface area contributed by atoms with Crippen LogP contribution in [0.2, 0.25) is 0 Å². The van der Waals surface area contributed by atoms with Crippen molar-refractivity contribution in [2.75, 3.05) is 6.61 Å². The van der Waals surface area contributed by atoms with Crippen molar-refractivity contribution in [1.82, 2.24) is 0 Å². The monoisotopic (exact) mass is 161 g/mol. The van der Waals surface area contributed by atoms with Crippen LogP contribution in [-0.2, 0) is 4.74 Å². The van der Waals surface area contributed by atoms with Gasteiger partial charge < -0.3 is 15.6 Å². The molecule has 0 fully saturated rings. The molecule has 1 unspecified atom stereocenters. The second-order valence-electron chi connectivity index (χ2n) is 2.69. The Balaban J connectivity index is 4.00. The molecule has 68 valence electrons. The van der Waals surface area contributed by atoms with Crippen LogP contribution >= 0.6 is 0 Å². The highest BCUT2D eigenvalue weighted by Crippen LogP contribution is 2.18. The zero-order valence-corrected chi connectivity index (χ0v) is 7.63. The maximum absolute atomic E-state index is 9.78. The van der Waals surface area contributed by atoms with E-state index in [1.165, 1.54) is 0 Å². The lowest BCUT2D eigenvalue weighted by Gasteiger charge is -2.31. The van der Waals surface area contributed by atoms with E-state index in [-0.39, 0.29) is 0 Å². The van der Waals surface area contributed by atoms with Crippen molar-refractivity contribution in [3.05, 3.63) is 0 Å².